The molecule has 3 rings (SSSR count). The third-order valence-electron chi connectivity index (χ3n) is 4.83. The first-order valence-electron chi connectivity index (χ1n) is 10.0. The van der Waals surface area contributed by atoms with Crippen molar-refractivity contribution in [2.24, 2.45) is 0 Å². The van der Waals surface area contributed by atoms with Gasteiger partial charge in [-0.3, -0.25) is 4.79 Å². The lowest BCUT2D eigenvalue weighted by Gasteiger charge is -2.25. The summed E-state index contributed by atoms with van der Waals surface area (Å²) in [5, 5.41) is 2.92. The number of rotatable bonds is 4. The number of aromatic nitrogens is 1. The average Bonchev–Trinajstić information content (AvgIpc) is 2.92. The van der Waals surface area contributed by atoms with Crippen molar-refractivity contribution in [3.05, 3.63) is 46.1 Å². The molecule has 0 spiro atoms. The number of thioether (sulfide) groups is 1. The number of hydrogen-bond donors (Lipinski definition) is 1. The Balaban J connectivity index is 0.00000155. The normalized spacial score (nSPS) is 15.6. The largest absolute Gasteiger partial charge is 0.356 e. The van der Waals surface area contributed by atoms with E-state index in [1.165, 1.54) is 0 Å². The summed E-state index contributed by atoms with van der Waals surface area (Å²) < 4.78 is 28.3. The highest BCUT2D eigenvalue weighted by Crippen LogP contribution is 2.33. The molecule has 1 amide bonds. The van der Waals surface area contributed by atoms with Gasteiger partial charge in [-0.1, -0.05) is 19.9 Å². The maximum Gasteiger partial charge on any atom is 0.259 e. The van der Waals surface area contributed by atoms with E-state index in [1.807, 2.05) is 51.3 Å². The van der Waals surface area contributed by atoms with Gasteiger partial charge in [-0.05, 0) is 59.3 Å². The van der Waals surface area contributed by atoms with Gasteiger partial charge in [0.2, 0.25) is 5.92 Å². The van der Waals surface area contributed by atoms with E-state index in [9.17, 15) is 13.6 Å². The minimum atomic E-state index is -2.67. The summed E-state index contributed by atoms with van der Waals surface area (Å²) >= 11 is 5.02. The molecule has 8 heteroatoms. The van der Waals surface area contributed by atoms with E-state index in [2.05, 4.69) is 26.2 Å². The van der Waals surface area contributed by atoms with E-state index >= 15 is 0 Å². The quantitative estimate of drug-likeness (QED) is 0.470. The number of benzene rings is 1. The lowest BCUT2D eigenvalue weighted by molar-refractivity contribution is -0.0102. The van der Waals surface area contributed by atoms with E-state index in [-0.39, 0.29) is 25.3 Å². The molecule has 1 aliphatic rings. The minimum absolute atomic E-state index is 0.137. The molecule has 4 nitrogen and oxygen atoms in total. The number of pyridine rings is 1. The van der Waals surface area contributed by atoms with Crippen molar-refractivity contribution in [3.63, 3.8) is 0 Å². The second-order valence-electron chi connectivity index (χ2n) is 6.81. The van der Waals surface area contributed by atoms with Crippen LogP contribution in [0.2, 0.25) is 0 Å². The third kappa shape index (κ3) is 6.17. The van der Waals surface area contributed by atoms with Gasteiger partial charge in [0.05, 0.1) is 5.56 Å². The van der Waals surface area contributed by atoms with Crippen molar-refractivity contribution in [1.82, 2.24) is 4.98 Å². The highest BCUT2D eigenvalue weighted by Gasteiger charge is 2.33. The predicted molar refractivity (Wildman–Crippen MR) is 125 cm³/mol. The minimum Gasteiger partial charge on any atom is -0.356 e. The van der Waals surface area contributed by atoms with Crippen LogP contribution in [0.15, 0.2) is 39.8 Å². The first-order chi connectivity index (χ1) is 14.3. The molecule has 2 aromatic rings. The summed E-state index contributed by atoms with van der Waals surface area (Å²) in [4.78, 5) is 20.4. The lowest BCUT2D eigenvalue weighted by atomic mass is 10.1. The number of anilines is 2. The molecule has 164 valence electrons. The molecule has 0 radical (unpaired) electrons. The van der Waals surface area contributed by atoms with E-state index in [0.717, 1.165) is 10.5 Å². The highest BCUT2D eigenvalue weighted by atomic mass is 79.9. The highest BCUT2D eigenvalue weighted by molar-refractivity contribution is 9.10. The zero-order valence-corrected chi connectivity index (χ0v) is 20.2. The van der Waals surface area contributed by atoms with E-state index in [4.69, 9.17) is 0 Å². The van der Waals surface area contributed by atoms with Crippen LogP contribution in [0.4, 0.5) is 20.3 Å². The van der Waals surface area contributed by atoms with Crippen LogP contribution in [0.3, 0.4) is 0 Å². The summed E-state index contributed by atoms with van der Waals surface area (Å²) in [5.74, 6) is -2.51. The van der Waals surface area contributed by atoms with Crippen LogP contribution in [-0.2, 0) is 0 Å². The van der Waals surface area contributed by atoms with Crippen molar-refractivity contribution in [3.8, 4) is 0 Å². The molecule has 1 aromatic carbocycles. The van der Waals surface area contributed by atoms with E-state index in [1.54, 1.807) is 22.9 Å². The Morgan fingerprint density at radius 3 is 2.70 bits per heavy atom. The Morgan fingerprint density at radius 2 is 2.00 bits per heavy atom. The van der Waals surface area contributed by atoms with E-state index < -0.39 is 5.92 Å². The molecule has 30 heavy (non-hydrogen) atoms. The summed E-state index contributed by atoms with van der Waals surface area (Å²) in [6.07, 6.45) is 3.58. The smallest absolute Gasteiger partial charge is 0.259 e. The molecule has 0 saturated carbocycles. The number of nitrogens with zero attached hydrogens (tertiary/aromatic N) is 2. The Hall–Kier alpha value is -1.67. The molecule has 0 unspecified atom stereocenters. The zero-order valence-electron chi connectivity index (χ0n) is 17.8. The molecule has 1 N–H and O–H groups in total. The number of alkyl halides is 2. The van der Waals surface area contributed by atoms with Crippen LogP contribution in [0.1, 0.15) is 49.0 Å². The molecular weight excluding hydrogens is 472 g/mol. The predicted octanol–water partition coefficient (Wildman–Crippen LogP) is 6.78. The number of nitrogens with one attached hydrogen (secondary N) is 1. The molecular formula is C22H28BrF2N3OS. The molecule has 0 aliphatic carbocycles. The first-order valence-corrected chi connectivity index (χ1v) is 12.1. The van der Waals surface area contributed by atoms with Gasteiger partial charge in [-0.25, -0.2) is 13.8 Å². The molecule has 1 aromatic heterocycles. The van der Waals surface area contributed by atoms with Crippen LogP contribution in [0.5, 0.6) is 0 Å². The first kappa shape index (κ1) is 24.6. The number of halogens is 3. The number of hydrogen-bond acceptors (Lipinski definition) is 4. The Bertz CT molecular complexity index is 879. The number of carbonyl (C=O) groups excluding carboxylic acids is 1. The van der Waals surface area contributed by atoms with Gasteiger partial charge < -0.3 is 10.2 Å². The zero-order chi connectivity index (χ0) is 22.3. The SMILES string of the molecule is CC.CSc1cccc(NC(=O)c2c(N3CCCC(F)(F)CC3)ncc(Br)c2C)c1. The van der Waals surface area contributed by atoms with Gasteiger partial charge in [-0.2, -0.15) is 0 Å². The van der Waals surface area contributed by atoms with E-state index in [0.29, 0.717) is 34.5 Å². The third-order valence-corrected chi connectivity index (χ3v) is 6.35. The lowest BCUT2D eigenvalue weighted by Crippen LogP contribution is -2.30. The Kier molecular flexibility index (Phi) is 9.09. The standard InChI is InChI=1S/C20H22BrF2N3OS.C2H6/c1-13-16(21)12-24-18(26-9-4-7-20(22,23)8-10-26)17(13)19(27)25-14-5-3-6-15(11-14)28-2;1-2/h3,5-6,11-12H,4,7-10H2,1-2H3,(H,25,27);1-2H3. The summed E-state index contributed by atoms with van der Waals surface area (Å²) in [6.45, 7) is 6.45. The number of amides is 1. The Labute approximate surface area is 190 Å². The Morgan fingerprint density at radius 1 is 1.27 bits per heavy atom. The van der Waals surface area contributed by atoms with Gasteiger partial charge >= 0.3 is 0 Å². The molecule has 1 fully saturated rings. The fraction of sp³-hybridized carbons (Fsp3) is 0.455. The molecule has 1 aliphatic heterocycles. The topological polar surface area (TPSA) is 45.2 Å². The van der Waals surface area contributed by atoms with Crippen LogP contribution >= 0.6 is 27.7 Å². The molecule has 0 atom stereocenters. The second-order valence-corrected chi connectivity index (χ2v) is 8.55. The van der Waals surface area contributed by atoms with Crippen LogP contribution in [0, 0.1) is 6.92 Å². The monoisotopic (exact) mass is 499 g/mol. The summed E-state index contributed by atoms with van der Waals surface area (Å²) in [7, 11) is 0. The fourth-order valence-electron chi connectivity index (χ4n) is 3.25. The van der Waals surface area contributed by atoms with Gasteiger partial charge in [-0.15, -0.1) is 11.8 Å². The van der Waals surface area contributed by atoms with Crippen LogP contribution in [0.25, 0.3) is 0 Å². The van der Waals surface area contributed by atoms with Crippen molar-refractivity contribution in [2.45, 2.75) is 50.9 Å². The maximum atomic E-state index is 13.8. The molecule has 1 saturated heterocycles. The van der Waals surface area contributed by atoms with Gasteiger partial charge in [0.15, 0.2) is 0 Å². The van der Waals surface area contributed by atoms with Gasteiger partial charge in [0.25, 0.3) is 5.91 Å². The molecule has 0 bridgehead atoms. The van der Waals surface area contributed by atoms with Gasteiger partial charge in [0, 0.05) is 47.2 Å². The van der Waals surface area contributed by atoms with Gasteiger partial charge in [0.1, 0.15) is 5.82 Å². The maximum absolute atomic E-state index is 13.8. The summed E-state index contributed by atoms with van der Waals surface area (Å²) in [5.41, 5.74) is 1.83. The average molecular weight is 500 g/mol. The van der Waals surface area contributed by atoms with Crippen molar-refractivity contribution in [1.29, 1.82) is 0 Å². The fourth-order valence-corrected chi connectivity index (χ4v) is 4.01. The van der Waals surface area contributed by atoms with Crippen LogP contribution < -0.4 is 10.2 Å². The molecule has 2 heterocycles. The second kappa shape index (κ2) is 11.1. The van der Waals surface area contributed by atoms with Crippen molar-refractivity contribution in [2.75, 3.05) is 29.6 Å². The van der Waals surface area contributed by atoms with Crippen molar-refractivity contribution < 1.29 is 13.6 Å². The van der Waals surface area contributed by atoms with Crippen LogP contribution in [-0.4, -0.2) is 36.2 Å². The van der Waals surface area contributed by atoms with Crippen molar-refractivity contribution >= 4 is 45.1 Å². The number of carbonyl (C=O) groups is 1. The summed E-state index contributed by atoms with van der Waals surface area (Å²) in [6, 6.07) is 7.57.